The largest absolute Gasteiger partial charge is 0.0991 e. The van der Waals surface area contributed by atoms with Crippen molar-refractivity contribution in [1.82, 2.24) is 0 Å². The molecule has 66 valence electrons. The Labute approximate surface area is 76.0 Å². The highest BCUT2D eigenvalue weighted by Crippen LogP contribution is 2.21. The average Bonchev–Trinajstić information content (AvgIpc) is 1.85. The number of allylic oxidation sites excluding steroid dienone is 6. The van der Waals surface area contributed by atoms with Gasteiger partial charge in [0.15, 0.2) is 0 Å². The van der Waals surface area contributed by atoms with Crippen LogP contribution >= 0.6 is 0 Å². The lowest BCUT2D eigenvalue weighted by Crippen LogP contribution is -1.89. The fraction of sp³-hybridized carbons (Fsp3) is 0.333. The molecular weight excluding hydrogens is 144 g/mol. The minimum absolute atomic E-state index is 1.12. The molecule has 0 aromatic rings. The maximum absolute atomic E-state index is 3.95. The topological polar surface area (TPSA) is 0 Å². The summed E-state index contributed by atoms with van der Waals surface area (Å²) >= 11 is 0. The Morgan fingerprint density at radius 1 is 1.08 bits per heavy atom. The molecule has 0 radical (unpaired) electrons. The van der Waals surface area contributed by atoms with E-state index in [1.807, 2.05) is 13.0 Å². The van der Waals surface area contributed by atoms with Crippen molar-refractivity contribution in [2.45, 2.75) is 27.7 Å². The van der Waals surface area contributed by atoms with Crippen molar-refractivity contribution < 1.29 is 0 Å². The van der Waals surface area contributed by atoms with Crippen LogP contribution in [0.15, 0.2) is 47.6 Å². The van der Waals surface area contributed by atoms with Crippen molar-refractivity contribution in [3.05, 3.63) is 47.6 Å². The van der Waals surface area contributed by atoms with Gasteiger partial charge in [0.2, 0.25) is 0 Å². The van der Waals surface area contributed by atoms with Crippen LogP contribution in [-0.4, -0.2) is 0 Å². The minimum Gasteiger partial charge on any atom is -0.0991 e. The van der Waals surface area contributed by atoms with Gasteiger partial charge in [0.25, 0.3) is 0 Å². The summed E-state index contributed by atoms with van der Waals surface area (Å²) in [6.07, 6.45) is 3.82. The molecule has 0 saturated carbocycles. The van der Waals surface area contributed by atoms with Gasteiger partial charge < -0.3 is 0 Å². The van der Waals surface area contributed by atoms with Crippen molar-refractivity contribution in [2.75, 3.05) is 0 Å². The predicted molar refractivity (Wildman–Crippen MR) is 57.1 cm³/mol. The Morgan fingerprint density at radius 2 is 1.58 bits per heavy atom. The van der Waals surface area contributed by atoms with Gasteiger partial charge in [-0.3, -0.25) is 0 Å². The highest BCUT2D eigenvalue weighted by atomic mass is 14.1. The van der Waals surface area contributed by atoms with E-state index in [4.69, 9.17) is 0 Å². The summed E-state index contributed by atoms with van der Waals surface area (Å²) in [5.41, 5.74) is 4.91. The van der Waals surface area contributed by atoms with Crippen LogP contribution in [0.25, 0.3) is 0 Å². The van der Waals surface area contributed by atoms with Crippen LogP contribution in [-0.2, 0) is 0 Å². The second-order valence-electron chi connectivity index (χ2n) is 3.24. The van der Waals surface area contributed by atoms with E-state index in [1.54, 1.807) is 6.08 Å². The third kappa shape index (κ3) is 2.91. The molecular formula is C12H18. The summed E-state index contributed by atoms with van der Waals surface area (Å²) in [7, 11) is 0. The second kappa shape index (κ2) is 4.76. The minimum atomic E-state index is 1.12. The fourth-order valence-corrected chi connectivity index (χ4v) is 1.42. The van der Waals surface area contributed by atoms with Gasteiger partial charge in [0, 0.05) is 0 Å². The average molecular weight is 162 g/mol. The van der Waals surface area contributed by atoms with E-state index in [-0.39, 0.29) is 0 Å². The van der Waals surface area contributed by atoms with E-state index in [9.17, 15) is 0 Å². The van der Waals surface area contributed by atoms with Crippen LogP contribution in [0.2, 0.25) is 0 Å². The first-order valence-electron chi connectivity index (χ1n) is 4.13. The van der Waals surface area contributed by atoms with Crippen molar-refractivity contribution >= 4 is 0 Å². The van der Waals surface area contributed by atoms with Gasteiger partial charge in [0.05, 0.1) is 0 Å². The third-order valence-electron chi connectivity index (χ3n) is 1.69. The predicted octanol–water partition coefficient (Wildman–Crippen LogP) is 4.03. The van der Waals surface area contributed by atoms with Gasteiger partial charge in [-0.15, -0.1) is 0 Å². The van der Waals surface area contributed by atoms with Crippen LogP contribution in [0, 0.1) is 0 Å². The Bertz CT molecular complexity index is 245. The molecule has 0 amide bonds. The Hall–Kier alpha value is -1.04. The van der Waals surface area contributed by atoms with Crippen molar-refractivity contribution in [3.63, 3.8) is 0 Å². The zero-order valence-electron chi connectivity index (χ0n) is 8.57. The van der Waals surface area contributed by atoms with Gasteiger partial charge in [-0.1, -0.05) is 36.5 Å². The van der Waals surface area contributed by atoms with E-state index in [0.29, 0.717) is 0 Å². The summed E-state index contributed by atoms with van der Waals surface area (Å²) in [5.74, 6) is 0. The highest BCUT2D eigenvalue weighted by Gasteiger charge is 2.01. The first-order valence-corrected chi connectivity index (χ1v) is 4.13. The van der Waals surface area contributed by atoms with E-state index in [0.717, 1.165) is 5.57 Å². The highest BCUT2D eigenvalue weighted by molar-refractivity contribution is 5.46. The molecule has 0 rings (SSSR count). The SMILES string of the molecule is C=C/C=C(/C)C(C(=C)C)=C(C)C. The van der Waals surface area contributed by atoms with Crippen molar-refractivity contribution in [3.8, 4) is 0 Å². The van der Waals surface area contributed by atoms with Crippen LogP contribution in [0.5, 0.6) is 0 Å². The van der Waals surface area contributed by atoms with Crippen LogP contribution in [0.4, 0.5) is 0 Å². The molecule has 0 saturated heterocycles. The molecule has 0 bridgehead atoms. The van der Waals surface area contributed by atoms with Gasteiger partial charge in [-0.05, 0) is 38.8 Å². The van der Waals surface area contributed by atoms with E-state index < -0.39 is 0 Å². The molecule has 0 aromatic heterocycles. The van der Waals surface area contributed by atoms with Gasteiger partial charge >= 0.3 is 0 Å². The molecule has 0 aliphatic heterocycles. The van der Waals surface area contributed by atoms with Crippen LogP contribution in [0.3, 0.4) is 0 Å². The van der Waals surface area contributed by atoms with Crippen LogP contribution in [0.1, 0.15) is 27.7 Å². The van der Waals surface area contributed by atoms with E-state index >= 15 is 0 Å². The molecule has 12 heavy (non-hydrogen) atoms. The summed E-state index contributed by atoms with van der Waals surface area (Å²) in [4.78, 5) is 0. The number of hydrogen-bond donors (Lipinski definition) is 0. The van der Waals surface area contributed by atoms with Gasteiger partial charge in [0.1, 0.15) is 0 Å². The normalized spacial score (nSPS) is 10.8. The van der Waals surface area contributed by atoms with Crippen molar-refractivity contribution in [2.24, 2.45) is 0 Å². The summed E-state index contributed by atoms with van der Waals surface area (Å²) < 4.78 is 0. The molecule has 0 spiro atoms. The lowest BCUT2D eigenvalue weighted by atomic mass is 9.97. The van der Waals surface area contributed by atoms with Gasteiger partial charge in [-0.25, -0.2) is 0 Å². The van der Waals surface area contributed by atoms with Crippen LogP contribution < -0.4 is 0 Å². The fourth-order valence-electron chi connectivity index (χ4n) is 1.42. The lowest BCUT2D eigenvalue weighted by Gasteiger charge is -2.09. The zero-order chi connectivity index (χ0) is 9.72. The second-order valence-corrected chi connectivity index (χ2v) is 3.24. The molecule has 0 nitrogen and oxygen atoms in total. The molecule has 0 heteroatoms. The maximum atomic E-state index is 3.95. The summed E-state index contributed by atoms with van der Waals surface area (Å²) in [5, 5.41) is 0. The molecule has 0 aliphatic carbocycles. The first-order chi connectivity index (χ1) is 5.50. The number of hydrogen-bond acceptors (Lipinski definition) is 0. The lowest BCUT2D eigenvalue weighted by molar-refractivity contribution is 1.23. The van der Waals surface area contributed by atoms with Crippen molar-refractivity contribution in [1.29, 1.82) is 0 Å². The molecule has 0 aliphatic rings. The Balaban J connectivity index is 5.04. The van der Waals surface area contributed by atoms with E-state index in [1.165, 1.54) is 16.7 Å². The van der Waals surface area contributed by atoms with E-state index in [2.05, 4.69) is 33.9 Å². The molecule has 0 unspecified atom stereocenters. The maximum Gasteiger partial charge on any atom is -0.0217 e. The van der Waals surface area contributed by atoms with Gasteiger partial charge in [-0.2, -0.15) is 0 Å². The Morgan fingerprint density at radius 3 is 1.83 bits per heavy atom. The summed E-state index contributed by atoms with van der Waals surface area (Å²) in [6.45, 7) is 15.9. The molecule has 0 fully saturated rings. The smallest absolute Gasteiger partial charge is 0.0217 e. The quantitative estimate of drug-likeness (QED) is 0.549. The molecule has 0 N–H and O–H groups in total. The number of rotatable bonds is 3. The molecule has 0 aromatic carbocycles. The first kappa shape index (κ1) is 11.0. The zero-order valence-corrected chi connectivity index (χ0v) is 8.57. The summed E-state index contributed by atoms with van der Waals surface area (Å²) in [6, 6.07) is 0. The molecule has 0 heterocycles. The standard InChI is InChI=1S/C12H18/c1-7-8-11(6)12(9(2)3)10(4)5/h7-8H,1-2H2,3-6H3/b11-8-. The monoisotopic (exact) mass is 162 g/mol. The molecule has 0 atom stereocenters. The Kier molecular flexibility index (Phi) is 4.35. The third-order valence-corrected chi connectivity index (χ3v) is 1.69.